The third-order valence-corrected chi connectivity index (χ3v) is 4.15. The van der Waals surface area contributed by atoms with E-state index in [-0.39, 0.29) is 18.3 Å². The van der Waals surface area contributed by atoms with Gasteiger partial charge in [-0.3, -0.25) is 0 Å². The quantitative estimate of drug-likeness (QED) is 0.860. The van der Waals surface area contributed by atoms with Gasteiger partial charge in [-0.15, -0.1) is 0 Å². The summed E-state index contributed by atoms with van der Waals surface area (Å²) in [4.78, 5) is 12.5. The Hall–Kier alpha value is -1.81. The monoisotopic (exact) mass is 321 g/mol. The number of nitrogens with zero attached hydrogens (tertiary/aromatic N) is 4. The van der Waals surface area contributed by atoms with Crippen LogP contribution in [0.15, 0.2) is 12.7 Å². The highest BCUT2D eigenvalue weighted by Gasteiger charge is 2.55. The number of hydrogen-bond donors (Lipinski definition) is 1. The van der Waals surface area contributed by atoms with E-state index in [9.17, 15) is 0 Å². The Morgan fingerprint density at radius 2 is 2.04 bits per heavy atom. The molecule has 4 atom stereocenters. The number of fused-ring (bicyclic) bond motifs is 2. The highest BCUT2D eigenvalue weighted by atomic mass is 16.8. The Labute approximate surface area is 132 Å². The maximum Gasteiger partial charge on any atom is 0.186 e. The van der Waals surface area contributed by atoms with Crippen LogP contribution in [0.25, 0.3) is 11.2 Å². The number of rotatable bonds is 3. The molecule has 4 rings (SSSR count). The van der Waals surface area contributed by atoms with Crippen LogP contribution in [0.1, 0.15) is 13.8 Å². The van der Waals surface area contributed by atoms with Crippen LogP contribution in [-0.2, 0) is 25.5 Å². The van der Waals surface area contributed by atoms with E-state index in [1.54, 1.807) is 13.4 Å². The molecule has 0 saturated carbocycles. The zero-order valence-corrected chi connectivity index (χ0v) is 13.2. The number of anilines is 1. The van der Waals surface area contributed by atoms with Gasteiger partial charge in [0.2, 0.25) is 0 Å². The van der Waals surface area contributed by atoms with Crippen LogP contribution in [0.3, 0.4) is 0 Å². The van der Waals surface area contributed by atoms with Gasteiger partial charge >= 0.3 is 0 Å². The highest BCUT2D eigenvalue weighted by Crippen LogP contribution is 2.39. The summed E-state index contributed by atoms with van der Waals surface area (Å²) >= 11 is 0. The second-order valence-electron chi connectivity index (χ2n) is 6.17. The fourth-order valence-corrected chi connectivity index (χ4v) is 3.21. The van der Waals surface area contributed by atoms with Crippen molar-refractivity contribution in [3.05, 3.63) is 12.7 Å². The van der Waals surface area contributed by atoms with Crippen LogP contribution in [0.4, 0.5) is 5.82 Å². The molecule has 2 aromatic rings. The van der Waals surface area contributed by atoms with E-state index in [4.69, 9.17) is 24.7 Å². The number of aromatic nitrogens is 4. The minimum atomic E-state index is -0.655. The maximum absolute atomic E-state index is 5.98. The van der Waals surface area contributed by atoms with Crippen LogP contribution < -0.4 is 5.73 Å². The molecular weight excluding hydrogens is 302 g/mol. The van der Waals surface area contributed by atoms with Crippen molar-refractivity contribution in [1.29, 1.82) is 0 Å². The van der Waals surface area contributed by atoms with Crippen LogP contribution in [0, 0.1) is 0 Å². The van der Waals surface area contributed by atoms with E-state index in [0.717, 1.165) is 0 Å². The molecule has 0 radical (unpaired) electrons. The molecular formula is C14H19N5O4. The normalized spacial score (nSPS) is 32.5. The first-order valence-electron chi connectivity index (χ1n) is 7.44. The summed E-state index contributed by atoms with van der Waals surface area (Å²) in [6.45, 7) is 4.28. The zero-order chi connectivity index (χ0) is 16.2. The van der Waals surface area contributed by atoms with E-state index in [0.29, 0.717) is 23.5 Å². The lowest BCUT2D eigenvalue weighted by Crippen LogP contribution is -2.32. The smallest absolute Gasteiger partial charge is 0.186 e. The zero-order valence-electron chi connectivity index (χ0n) is 13.2. The minimum absolute atomic E-state index is 0.216. The fourth-order valence-electron chi connectivity index (χ4n) is 3.21. The number of nitrogens with two attached hydrogens (primary N) is 1. The summed E-state index contributed by atoms with van der Waals surface area (Å²) in [5.74, 6) is -0.298. The molecule has 0 aromatic carbocycles. The van der Waals surface area contributed by atoms with Gasteiger partial charge in [-0.1, -0.05) is 0 Å². The molecule has 2 aliphatic heterocycles. The largest absolute Gasteiger partial charge is 0.382 e. The molecule has 0 spiro atoms. The average Bonchev–Trinajstić information content (AvgIpc) is 3.13. The van der Waals surface area contributed by atoms with E-state index in [1.807, 2.05) is 18.4 Å². The van der Waals surface area contributed by atoms with Gasteiger partial charge in [-0.2, -0.15) is 0 Å². The van der Waals surface area contributed by atoms with E-state index in [2.05, 4.69) is 15.0 Å². The van der Waals surface area contributed by atoms with Crippen molar-refractivity contribution in [2.45, 2.75) is 50.8 Å². The van der Waals surface area contributed by atoms with Gasteiger partial charge in [-0.25, -0.2) is 15.0 Å². The van der Waals surface area contributed by atoms with E-state index >= 15 is 0 Å². The second kappa shape index (κ2) is 5.10. The fraction of sp³-hybridized carbons (Fsp3) is 0.643. The first-order valence-corrected chi connectivity index (χ1v) is 7.44. The van der Waals surface area contributed by atoms with Crippen molar-refractivity contribution in [2.24, 2.45) is 0 Å². The van der Waals surface area contributed by atoms with Crippen molar-refractivity contribution in [3.63, 3.8) is 0 Å². The molecule has 2 N–H and O–H groups in total. The number of hydrogen-bond acceptors (Lipinski definition) is 8. The van der Waals surface area contributed by atoms with Gasteiger partial charge in [0.1, 0.15) is 30.2 Å². The number of ether oxygens (including phenoxy) is 4. The van der Waals surface area contributed by atoms with Crippen LogP contribution in [0.2, 0.25) is 0 Å². The third kappa shape index (κ3) is 2.36. The van der Waals surface area contributed by atoms with Crippen molar-refractivity contribution in [3.8, 4) is 0 Å². The lowest BCUT2D eigenvalue weighted by molar-refractivity contribution is -0.228. The van der Waals surface area contributed by atoms with Crippen LogP contribution >= 0.6 is 0 Å². The third-order valence-electron chi connectivity index (χ3n) is 4.15. The molecule has 124 valence electrons. The summed E-state index contributed by atoms with van der Waals surface area (Å²) in [6.07, 6.45) is 1.93. The molecule has 2 fully saturated rings. The standard InChI is InChI=1S/C14H19N5O4/c1-14(2)22-9-7(21-13(20-3)10(9)23-14)4-19-6-18-8-11(15)16-5-17-12(8)19/h5-7,9-10,13H,4H2,1-3H3,(H2,15,16,17)/t7-,9-,10-,13-/m1/s1. The number of nitrogen functional groups attached to an aromatic ring is 1. The first-order chi connectivity index (χ1) is 11.0. The summed E-state index contributed by atoms with van der Waals surface area (Å²) in [5.41, 5.74) is 7.06. The highest BCUT2D eigenvalue weighted by molar-refractivity contribution is 5.81. The molecule has 0 amide bonds. The molecule has 9 nitrogen and oxygen atoms in total. The van der Waals surface area contributed by atoms with Crippen molar-refractivity contribution in [1.82, 2.24) is 19.5 Å². The van der Waals surface area contributed by atoms with E-state index < -0.39 is 12.1 Å². The Bertz CT molecular complexity index is 733. The van der Waals surface area contributed by atoms with Crippen LogP contribution in [0.5, 0.6) is 0 Å². The predicted octanol–water partition coefficient (Wildman–Crippen LogP) is 0.300. The van der Waals surface area contributed by atoms with Gasteiger partial charge in [0, 0.05) is 7.11 Å². The topological polar surface area (TPSA) is 107 Å². The minimum Gasteiger partial charge on any atom is -0.382 e. The van der Waals surface area contributed by atoms with Gasteiger partial charge in [0.15, 0.2) is 23.5 Å². The summed E-state index contributed by atoms with van der Waals surface area (Å²) < 4.78 is 25.1. The van der Waals surface area contributed by atoms with Gasteiger partial charge in [0.25, 0.3) is 0 Å². The lowest BCUT2D eigenvalue weighted by atomic mass is 10.1. The first kappa shape index (κ1) is 14.8. The van der Waals surface area contributed by atoms with Crippen LogP contribution in [-0.4, -0.2) is 57.0 Å². The number of imidazole rings is 1. The molecule has 0 bridgehead atoms. The summed E-state index contributed by atoms with van der Waals surface area (Å²) in [7, 11) is 1.60. The average molecular weight is 321 g/mol. The van der Waals surface area contributed by atoms with Crippen molar-refractivity contribution < 1.29 is 18.9 Å². The van der Waals surface area contributed by atoms with E-state index in [1.165, 1.54) is 6.33 Å². The molecule has 2 saturated heterocycles. The predicted molar refractivity (Wildman–Crippen MR) is 79.2 cm³/mol. The van der Waals surface area contributed by atoms with Gasteiger partial charge in [0.05, 0.1) is 12.9 Å². The molecule has 23 heavy (non-hydrogen) atoms. The lowest BCUT2D eigenvalue weighted by Gasteiger charge is -2.23. The number of methoxy groups -OCH3 is 1. The Kier molecular flexibility index (Phi) is 3.27. The van der Waals surface area contributed by atoms with Crippen molar-refractivity contribution >= 4 is 17.0 Å². The molecule has 2 aromatic heterocycles. The maximum atomic E-state index is 5.98. The second-order valence-corrected chi connectivity index (χ2v) is 6.17. The van der Waals surface area contributed by atoms with Gasteiger partial charge < -0.3 is 29.2 Å². The van der Waals surface area contributed by atoms with Gasteiger partial charge in [-0.05, 0) is 13.8 Å². The molecule has 0 aliphatic carbocycles. The molecule has 2 aliphatic rings. The molecule has 4 heterocycles. The molecule has 9 heteroatoms. The SMILES string of the molecule is CO[C@@H]1O[C@H](Cn2cnc3c(N)ncnc32)[C@H]2OC(C)(C)O[C@@H]12. The Balaban J connectivity index is 1.62. The summed E-state index contributed by atoms with van der Waals surface area (Å²) in [6, 6.07) is 0. The Morgan fingerprint density at radius 3 is 2.83 bits per heavy atom. The summed E-state index contributed by atoms with van der Waals surface area (Å²) in [5, 5.41) is 0. The Morgan fingerprint density at radius 1 is 1.26 bits per heavy atom. The van der Waals surface area contributed by atoms with Crippen molar-refractivity contribution in [2.75, 3.05) is 12.8 Å². The molecule has 0 unspecified atom stereocenters.